The van der Waals surface area contributed by atoms with Crippen LogP contribution in [0.1, 0.15) is 23.2 Å². The van der Waals surface area contributed by atoms with Crippen LogP contribution in [0.25, 0.3) is 0 Å². The number of benzene rings is 1. The van der Waals surface area contributed by atoms with E-state index in [1.165, 1.54) is 17.8 Å². The number of carbonyl (C=O) groups excluding carboxylic acids is 1. The molecule has 0 spiro atoms. The Bertz CT molecular complexity index is 598. The zero-order valence-corrected chi connectivity index (χ0v) is 11.3. The molecule has 0 radical (unpaired) electrons. The topological polar surface area (TPSA) is 68.0 Å². The van der Waals surface area contributed by atoms with Crippen LogP contribution in [-0.4, -0.2) is 21.9 Å². The molecule has 0 saturated carbocycles. The van der Waals surface area contributed by atoms with Crippen LogP contribution in [0, 0.1) is 11.6 Å². The Morgan fingerprint density at radius 3 is 2.70 bits per heavy atom. The van der Waals surface area contributed by atoms with Crippen LogP contribution in [0.15, 0.2) is 27.8 Å². The molecule has 2 rings (SSSR count). The summed E-state index contributed by atoms with van der Waals surface area (Å²) in [5.74, 6) is -1.77. The van der Waals surface area contributed by atoms with Crippen molar-refractivity contribution in [1.29, 1.82) is 0 Å². The molecular formula is C12H11F2N3O2S. The van der Waals surface area contributed by atoms with Crippen molar-refractivity contribution in [2.75, 3.05) is 5.75 Å². The second-order valence-corrected chi connectivity index (χ2v) is 4.89. The lowest BCUT2D eigenvalue weighted by Gasteiger charge is -2.04. The fourth-order valence-corrected chi connectivity index (χ4v) is 1.95. The van der Waals surface area contributed by atoms with Gasteiger partial charge in [0.1, 0.15) is 17.2 Å². The largest absolute Gasteiger partial charge is 0.414 e. The third-order valence-corrected chi connectivity index (χ3v) is 3.01. The van der Waals surface area contributed by atoms with Crippen molar-refractivity contribution in [3.05, 3.63) is 41.3 Å². The van der Waals surface area contributed by atoms with E-state index < -0.39 is 23.1 Å². The van der Waals surface area contributed by atoms with Crippen molar-refractivity contribution < 1.29 is 18.0 Å². The predicted molar refractivity (Wildman–Crippen MR) is 68.2 cm³/mol. The molecule has 1 heterocycles. The lowest BCUT2D eigenvalue weighted by molar-refractivity contribution is 0.0938. The Morgan fingerprint density at radius 1 is 1.35 bits per heavy atom. The molecule has 1 aromatic heterocycles. The van der Waals surface area contributed by atoms with Gasteiger partial charge < -0.3 is 9.73 Å². The van der Waals surface area contributed by atoms with Gasteiger partial charge in [0.15, 0.2) is 0 Å². The predicted octanol–water partition coefficient (Wildman–Crippen LogP) is 2.39. The van der Waals surface area contributed by atoms with Gasteiger partial charge in [-0.05, 0) is 17.9 Å². The Labute approximate surface area is 117 Å². The zero-order chi connectivity index (χ0) is 14.5. The van der Waals surface area contributed by atoms with E-state index in [0.29, 0.717) is 5.22 Å². The molecule has 2 aromatic rings. The van der Waals surface area contributed by atoms with E-state index in [4.69, 9.17) is 4.42 Å². The number of nitrogens with zero attached hydrogens (tertiary/aromatic N) is 2. The first-order chi connectivity index (χ1) is 9.61. The molecule has 0 fully saturated rings. The molecule has 5 nitrogen and oxygen atoms in total. The second-order valence-electron chi connectivity index (χ2n) is 3.67. The standard InChI is InChI=1S/C12H11F2N3O2S/c1-2-20-12-17-16-9(19-12)6-15-11(18)10-7(13)4-3-5-8(10)14/h3-5H,2,6H2,1H3,(H,15,18). The molecule has 0 unspecified atom stereocenters. The van der Waals surface area contributed by atoms with E-state index in [1.807, 2.05) is 6.92 Å². The highest BCUT2D eigenvalue weighted by molar-refractivity contribution is 7.99. The molecule has 0 aliphatic rings. The van der Waals surface area contributed by atoms with Crippen molar-refractivity contribution in [2.24, 2.45) is 0 Å². The van der Waals surface area contributed by atoms with Crippen molar-refractivity contribution >= 4 is 17.7 Å². The van der Waals surface area contributed by atoms with Crippen LogP contribution >= 0.6 is 11.8 Å². The lowest BCUT2D eigenvalue weighted by atomic mass is 10.2. The number of aromatic nitrogens is 2. The highest BCUT2D eigenvalue weighted by Gasteiger charge is 2.17. The number of thioether (sulfide) groups is 1. The van der Waals surface area contributed by atoms with Gasteiger partial charge in [-0.15, -0.1) is 10.2 Å². The van der Waals surface area contributed by atoms with Crippen LogP contribution in [-0.2, 0) is 6.54 Å². The number of halogens is 2. The summed E-state index contributed by atoms with van der Waals surface area (Å²) in [6, 6.07) is 3.22. The average molecular weight is 299 g/mol. The van der Waals surface area contributed by atoms with Crippen molar-refractivity contribution in [3.8, 4) is 0 Å². The number of hydrogen-bond donors (Lipinski definition) is 1. The Kier molecular flexibility index (Phi) is 4.67. The number of carbonyl (C=O) groups is 1. The summed E-state index contributed by atoms with van der Waals surface area (Å²) in [6.45, 7) is 1.83. The van der Waals surface area contributed by atoms with Crippen molar-refractivity contribution in [3.63, 3.8) is 0 Å². The summed E-state index contributed by atoms with van der Waals surface area (Å²) >= 11 is 1.36. The molecule has 1 aromatic carbocycles. The number of amides is 1. The SMILES string of the molecule is CCSc1nnc(CNC(=O)c2c(F)cccc2F)o1. The summed E-state index contributed by atoms with van der Waals surface area (Å²) in [4.78, 5) is 11.7. The molecule has 1 N–H and O–H groups in total. The van der Waals surface area contributed by atoms with E-state index in [-0.39, 0.29) is 12.4 Å². The van der Waals surface area contributed by atoms with Gasteiger partial charge in [0, 0.05) is 0 Å². The molecule has 20 heavy (non-hydrogen) atoms. The van der Waals surface area contributed by atoms with Gasteiger partial charge in [-0.1, -0.05) is 24.8 Å². The maximum atomic E-state index is 13.4. The number of rotatable bonds is 5. The third kappa shape index (κ3) is 3.32. The van der Waals surface area contributed by atoms with Crippen molar-refractivity contribution in [2.45, 2.75) is 18.7 Å². The maximum Gasteiger partial charge on any atom is 0.276 e. The molecule has 8 heteroatoms. The minimum absolute atomic E-state index is 0.0934. The second kappa shape index (κ2) is 6.47. The van der Waals surface area contributed by atoms with Gasteiger partial charge in [-0.2, -0.15) is 0 Å². The molecule has 0 saturated heterocycles. The van der Waals surface area contributed by atoms with Gasteiger partial charge in [-0.3, -0.25) is 4.79 Å². The Hall–Kier alpha value is -1.96. The fraction of sp³-hybridized carbons (Fsp3) is 0.250. The van der Waals surface area contributed by atoms with Crippen LogP contribution in [0.4, 0.5) is 8.78 Å². The zero-order valence-electron chi connectivity index (χ0n) is 10.5. The monoisotopic (exact) mass is 299 g/mol. The summed E-state index contributed by atoms with van der Waals surface area (Å²) in [5.41, 5.74) is -0.629. The maximum absolute atomic E-state index is 13.4. The first kappa shape index (κ1) is 14.4. The minimum Gasteiger partial charge on any atom is -0.414 e. The normalized spacial score (nSPS) is 10.6. The molecule has 0 bridgehead atoms. The van der Waals surface area contributed by atoms with Gasteiger partial charge in [0.05, 0.1) is 6.54 Å². The quantitative estimate of drug-likeness (QED) is 0.859. The van der Waals surface area contributed by atoms with E-state index in [9.17, 15) is 13.6 Å². The molecule has 106 valence electrons. The number of hydrogen-bond acceptors (Lipinski definition) is 5. The van der Waals surface area contributed by atoms with E-state index in [2.05, 4.69) is 15.5 Å². The summed E-state index contributed by atoms with van der Waals surface area (Å²) in [7, 11) is 0. The van der Waals surface area contributed by atoms with Crippen LogP contribution in [0.2, 0.25) is 0 Å². The summed E-state index contributed by atoms with van der Waals surface area (Å²) in [6.07, 6.45) is 0. The van der Waals surface area contributed by atoms with Crippen LogP contribution in [0.3, 0.4) is 0 Å². The minimum atomic E-state index is -0.921. The molecular weight excluding hydrogens is 288 g/mol. The van der Waals surface area contributed by atoms with Crippen LogP contribution in [0.5, 0.6) is 0 Å². The fourth-order valence-electron chi connectivity index (χ4n) is 1.45. The van der Waals surface area contributed by atoms with Crippen molar-refractivity contribution in [1.82, 2.24) is 15.5 Å². The smallest absolute Gasteiger partial charge is 0.276 e. The van der Waals surface area contributed by atoms with Gasteiger partial charge in [0.25, 0.3) is 11.1 Å². The van der Waals surface area contributed by atoms with Crippen LogP contribution < -0.4 is 5.32 Å². The Balaban J connectivity index is 2.01. The molecule has 0 aliphatic carbocycles. The third-order valence-electron chi connectivity index (χ3n) is 2.31. The lowest BCUT2D eigenvalue weighted by Crippen LogP contribution is -2.25. The molecule has 0 atom stereocenters. The van der Waals surface area contributed by atoms with E-state index in [1.54, 1.807) is 0 Å². The van der Waals surface area contributed by atoms with E-state index >= 15 is 0 Å². The molecule has 0 aliphatic heterocycles. The highest BCUT2D eigenvalue weighted by atomic mass is 32.2. The summed E-state index contributed by atoms with van der Waals surface area (Å²) in [5, 5.41) is 10.2. The molecule has 1 amide bonds. The highest BCUT2D eigenvalue weighted by Crippen LogP contribution is 2.15. The van der Waals surface area contributed by atoms with Gasteiger partial charge in [0.2, 0.25) is 5.89 Å². The Morgan fingerprint density at radius 2 is 2.05 bits per heavy atom. The number of nitrogens with one attached hydrogen (secondary N) is 1. The van der Waals surface area contributed by atoms with E-state index in [0.717, 1.165) is 17.9 Å². The first-order valence-corrected chi connectivity index (χ1v) is 6.77. The van der Waals surface area contributed by atoms with Gasteiger partial charge >= 0.3 is 0 Å². The average Bonchev–Trinajstić information content (AvgIpc) is 2.84. The summed E-state index contributed by atoms with van der Waals surface area (Å²) < 4.78 is 32.0. The first-order valence-electron chi connectivity index (χ1n) is 5.79. The van der Waals surface area contributed by atoms with Gasteiger partial charge in [-0.25, -0.2) is 8.78 Å².